The second-order valence-corrected chi connectivity index (χ2v) is 4.07. The summed E-state index contributed by atoms with van der Waals surface area (Å²) in [5.41, 5.74) is 13.4. The van der Waals surface area contributed by atoms with Crippen LogP contribution in [0.25, 0.3) is 11.1 Å². The van der Waals surface area contributed by atoms with Gasteiger partial charge in [0.15, 0.2) is 5.58 Å². The molecule has 1 aromatic carbocycles. The number of hydrogen-bond acceptors (Lipinski definition) is 5. The monoisotopic (exact) mass is 236 g/mol. The summed E-state index contributed by atoms with van der Waals surface area (Å²) in [5, 5.41) is 0. The minimum Gasteiger partial charge on any atom is -0.408 e. The first-order valence-corrected chi connectivity index (χ1v) is 5.40. The number of benzene rings is 1. The number of hydrogen-bond donors (Lipinski definition) is 3. The van der Waals surface area contributed by atoms with Crippen LogP contribution in [0.3, 0.4) is 0 Å². The molecule has 0 bridgehead atoms. The summed E-state index contributed by atoms with van der Waals surface area (Å²) in [6.07, 6.45) is 0. The lowest BCUT2D eigenvalue weighted by molar-refractivity contribution is 0.555. The van der Waals surface area contributed by atoms with E-state index >= 15 is 0 Å². The van der Waals surface area contributed by atoms with Gasteiger partial charge in [0.2, 0.25) is 0 Å². The van der Waals surface area contributed by atoms with Crippen LogP contribution < -0.4 is 22.1 Å². The number of aromatic amines is 1. The van der Waals surface area contributed by atoms with Gasteiger partial charge in [0.05, 0.1) is 5.52 Å². The van der Waals surface area contributed by atoms with E-state index in [9.17, 15) is 4.79 Å². The van der Waals surface area contributed by atoms with Gasteiger partial charge in [-0.05, 0) is 12.1 Å². The minimum absolute atomic E-state index is 0.0751. The van der Waals surface area contributed by atoms with Crippen LogP contribution in [0.15, 0.2) is 27.4 Å². The molecule has 2 rings (SSSR count). The standard InChI is InChI=1S/C11H16N4O2/c1-15(6-7(13)5-12)8-2-3-9-10(4-8)17-11(16)14-9/h2-4,7H,5-6,12-13H2,1H3,(H,14,16). The van der Waals surface area contributed by atoms with Gasteiger partial charge in [-0.1, -0.05) is 0 Å². The summed E-state index contributed by atoms with van der Waals surface area (Å²) in [6.45, 7) is 1.09. The molecule has 92 valence electrons. The Kier molecular flexibility index (Phi) is 3.16. The van der Waals surface area contributed by atoms with E-state index in [1.54, 1.807) is 12.1 Å². The summed E-state index contributed by atoms with van der Waals surface area (Å²) >= 11 is 0. The van der Waals surface area contributed by atoms with Crippen LogP contribution in [0.4, 0.5) is 5.69 Å². The number of H-pyrrole nitrogens is 1. The molecule has 1 heterocycles. The molecule has 17 heavy (non-hydrogen) atoms. The smallest absolute Gasteiger partial charge is 0.408 e. The van der Waals surface area contributed by atoms with Gasteiger partial charge < -0.3 is 20.8 Å². The summed E-state index contributed by atoms with van der Waals surface area (Å²) in [7, 11) is 1.92. The van der Waals surface area contributed by atoms with Crippen molar-refractivity contribution in [1.82, 2.24) is 4.98 Å². The van der Waals surface area contributed by atoms with Crippen LogP contribution >= 0.6 is 0 Å². The molecular formula is C11H16N4O2. The highest BCUT2D eigenvalue weighted by Gasteiger charge is 2.08. The molecule has 1 atom stereocenters. The average Bonchev–Trinajstić information content (AvgIpc) is 2.67. The number of nitrogens with two attached hydrogens (primary N) is 2. The number of rotatable bonds is 4. The number of oxazole rings is 1. The third kappa shape index (κ3) is 2.48. The third-order valence-corrected chi connectivity index (χ3v) is 2.66. The van der Waals surface area contributed by atoms with Gasteiger partial charge in [-0.2, -0.15) is 0 Å². The van der Waals surface area contributed by atoms with Gasteiger partial charge in [0, 0.05) is 37.9 Å². The van der Waals surface area contributed by atoms with Gasteiger partial charge in [-0.3, -0.25) is 4.98 Å². The van der Waals surface area contributed by atoms with E-state index in [2.05, 4.69) is 4.98 Å². The fourth-order valence-corrected chi connectivity index (χ4v) is 1.70. The molecule has 0 aliphatic rings. The van der Waals surface area contributed by atoms with Crippen molar-refractivity contribution >= 4 is 16.8 Å². The number of anilines is 1. The highest BCUT2D eigenvalue weighted by Crippen LogP contribution is 2.19. The maximum Gasteiger partial charge on any atom is 0.417 e. The normalized spacial score (nSPS) is 12.9. The Morgan fingerprint density at radius 3 is 3.00 bits per heavy atom. The fraction of sp³-hybridized carbons (Fsp3) is 0.364. The Bertz CT molecular complexity index is 560. The topological polar surface area (TPSA) is 101 Å². The fourth-order valence-electron chi connectivity index (χ4n) is 1.70. The highest BCUT2D eigenvalue weighted by molar-refractivity contribution is 5.76. The van der Waals surface area contributed by atoms with E-state index in [-0.39, 0.29) is 6.04 Å². The van der Waals surface area contributed by atoms with Crippen LogP contribution in [-0.2, 0) is 0 Å². The van der Waals surface area contributed by atoms with Crippen molar-refractivity contribution in [2.75, 3.05) is 25.0 Å². The second kappa shape index (κ2) is 4.60. The molecule has 0 saturated carbocycles. The van der Waals surface area contributed by atoms with Crippen LogP contribution in [0, 0.1) is 0 Å². The minimum atomic E-state index is -0.446. The first-order chi connectivity index (χ1) is 8.10. The largest absolute Gasteiger partial charge is 0.417 e. The van der Waals surface area contributed by atoms with Crippen molar-refractivity contribution in [2.45, 2.75) is 6.04 Å². The predicted molar refractivity (Wildman–Crippen MR) is 67.1 cm³/mol. The van der Waals surface area contributed by atoms with Crippen LogP contribution in [0.5, 0.6) is 0 Å². The first kappa shape index (κ1) is 11.7. The van der Waals surface area contributed by atoms with E-state index in [4.69, 9.17) is 15.9 Å². The number of nitrogens with zero attached hydrogens (tertiary/aromatic N) is 1. The molecule has 5 N–H and O–H groups in total. The average molecular weight is 236 g/mol. The molecule has 1 unspecified atom stereocenters. The van der Waals surface area contributed by atoms with E-state index < -0.39 is 5.76 Å². The number of fused-ring (bicyclic) bond motifs is 1. The quantitative estimate of drug-likeness (QED) is 0.685. The molecule has 0 aliphatic carbocycles. The van der Waals surface area contributed by atoms with Crippen molar-refractivity contribution < 1.29 is 4.42 Å². The SMILES string of the molecule is CN(CC(N)CN)c1ccc2[nH]c(=O)oc2c1. The Labute approximate surface area is 98.2 Å². The summed E-state index contributed by atoms with van der Waals surface area (Å²) in [4.78, 5) is 15.6. The molecule has 0 amide bonds. The van der Waals surface area contributed by atoms with Gasteiger partial charge in [-0.15, -0.1) is 0 Å². The van der Waals surface area contributed by atoms with Crippen molar-refractivity contribution in [3.63, 3.8) is 0 Å². The van der Waals surface area contributed by atoms with Gasteiger partial charge in [0.1, 0.15) is 0 Å². The maximum absolute atomic E-state index is 11.0. The van der Waals surface area contributed by atoms with Gasteiger partial charge in [-0.25, -0.2) is 4.79 Å². The highest BCUT2D eigenvalue weighted by atomic mass is 16.4. The zero-order valence-corrected chi connectivity index (χ0v) is 9.64. The van der Waals surface area contributed by atoms with Gasteiger partial charge >= 0.3 is 5.76 Å². The number of aromatic nitrogens is 1. The summed E-state index contributed by atoms with van der Waals surface area (Å²) < 4.78 is 5.00. The lowest BCUT2D eigenvalue weighted by atomic mass is 10.2. The molecule has 0 spiro atoms. The van der Waals surface area contributed by atoms with E-state index in [0.717, 1.165) is 5.69 Å². The van der Waals surface area contributed by atoms with E-state index in [0.29, 0.717) is 24.2 Å². The second-order valence-electron chi connectivity index (χ2n) is 4.07. The third-order valence-electron chi connectivity index (χ3n) is 2.66. The molecule has 0 saturated heterocycles. The molecule has 1 aromatic heterocycles. The zero-order chi connectivity index (χ0) is 12.4. The lowest BCUT2D eigenvalue weighted by Gasteiger charge is -2.22. The molecule has 6 heteroatoms. The molecule has 2 aromatic rings. The number of likely N-dealkylation sites (N-methyl/N-ethyl adjacent to an activating group) is 1. The lowest BCUT2D eigenvalue weighted by Crippen LogP contribution is -2.40. The summed E-state index contributed by atoms with van der Waals surface area (Å²) in [6, 6.07) is 5.43. The van der Waals surface area contributed by atoms with Crippen molar-refractivity contribution in [3.05, 3.63) is 28.7 Å². The molecule has 0 fully saturated rings. The summed E-state index contributed by atoms with van der Waals surface area (Å²) in [5.74, 6) is -0.446. The Hall–Kier alpha value is -1.79. The Morgan fingerprint density at radius 2 is 2.29 bits per heavy atom. The number of nitrogens with one attached hydrogen (secondary N) is 1. The van der Waals surface area contributed by atoms with Crippen LogP contribution in [0.2, 0.25) is 0 Å². The van der Waals surface area contributed by atoms with Crippen LogP contribution in [-0.4, -0.2) is 31.2 Å². The van der Waals surface area contributed by atoms with Crippen molar-refractivity contribution in [1.29, 1.82) is 0 Å². The van der Waals surface area contributed by atoms with Crippen molar-refractivity contribution in [3.8, 4) is 0 Å². The first-order valence-electron chi connectivity index (χ1n) is 5.40. The van der Waals surface area contributed by atoms with E-state index in [1.165, 1.54) is 0 Å². The van der Waals surface area contributed by atoms with Gasteiger partial charge in [0.25, 0.3) is 0 Å². The molecular weight excluding hydrogens is 220 g/mol. The Balaban J connectivity index is 2.26. The molecule has 6 nitrogen and oxygen atoms in total. The van der Waals surface area contributed by atoms with Crippen LogP contribution in [0.1, 0.15) is 0 Å². The zero-order valence-electron chi connectivity index (χ0n) is 9.64. The maximum atomic E-state index is 11.0. The van der Waals surface area contributed by atoms with Crippen molar-refractivity contribution in [2.24, 2.45) is 11.5 Å². The Morgan fingerprint density at radius 1 is 1.53 bits per heavy atom. The van der Waals surface area contributed by atoms with E-state index in [1.807, 2.05) is 18.0 Å². The molecule has 0 radical (unpaired) electrons. The molecule has 0 aliphatic heterocycles. The predicted octanol–water partition coefficient (Wildman–Crippen LogP) is -0.157.